The van der Waals surface area contributed by atoms with E-state index in [1.807, 2.05) is 0 Å². The molecular formula is C31H32N2. The maximum atomic E-state index is 2.65. The van der Waals surface area contributed by atoms with Gasteiger partial charge in [0, 0.05) is 37.6 Å². The van der Waals surface area contributed by atoms with Crippen molar-refractivity contribution < 1.29 is 0 Å². The van der Waals surface area contributed by atoms with E-state index in [0.29, 0.717) is 11.8 Å². The Kier molecular flexibility index (Phi) is 6.84. The van der Waals surface area contributed by atoms with Gasteiger partial charge in [-0.05, 0) is 53.6 Å². The average molecular weight is 433 g/mol. The van der Waals surface area contributed by atoms with Crippen LogP contribution in [0.4, 0.5) is 11.4 Å². The molecule has 1 heterocycles. The Bertz CT molecular complexity index is 1060. The van der Waals surface area contributed by atoms with Crippen molar-refractivity contribution in [3.05, 3.63) is 132 Å². The first kappa shape index (κ1) is 21.5. The fraction of sp³-hybridized carbons (Fsp3) is 0.226. The van der Waals surface area contributed by atoms with Crippen molar-refractivity contribution in [2.24, 2.45) is 11.8 Å². The molecule has 0 aliphatic carbocycles. The van der Waals surface area contributed by atoms with Gasteiger partial charge in [-0.3, -0.25) is 4.90 Å². The van der Waals surface area contributed by atoms with Crippen LogP contribution in [0.1, 0.15) is 11.1 Å². The van der Waals surface area contributed by atoms with Crippen LogP contribution in [0.3, 0.4) is 0 Å². The number of rotatable bonds is 8. The molecule has 2 atom stereocenters. The molecule has 1 saturated heterocycles. The maximum Gasteiger partial charge on any atom is 0.0410 e. The van der Waals surface area contributed by atoms with Gasteiger partial charge in [-0.2, -0.15) is 0 Å². The summed E-state index contributed by atoms with van der Waals surface area (Å²) in [6.07, 6.45) is 1.13. The molecule has 0 amide bonds. The summed E-state index contributed by atoms with van der Waals surface area (Å²) in [5.74, 6) is 1.22. The smallest absolute Gasteiger partial charge is 0.0410 e. The molecular weight excluding hydrogens is 400 g/mol. The van der Waals surface area contributed by atoms with Crippen molar-refractivity contribution in [2.75, 3.05) is 24.5 Å². The van der Waals surface area contributed by atoms with Crippen LogP contribution in [0.5, 0.6) is 0 Å². The van der Waals surface area contributed by atoms with Crippen LogP contribution >= 0.6 is 0 Å². The Balaban J connectivity index is 1.40. The number of likely N-dealkylation sites (tertiary alicyclic amines) is 1. The Morgan fingerprint density at radius 2 is 1.00 bits per heavy atom. The van der Waals surface area contributed by atoms with E-state index < -0.39 is 0 Å². The number of hydrogen-bond acceptors (Lipinski definition) is 2. The monoisotopic (exact) mass is 432 g/mol. The third-order valence-corrected chi connectivity index (χ3v) is 6.79. The zero-order valence-electron chi connectivity index (χ0n) is 19.1. The van der Waals surface area contributed by atoms with Crippen LogP contribution in [0, 0.1) is 11.8 Å². The molecule has 33 heavy (non-hydrogen) atoms. The minimum absolute atomic E-state index is 0.592. The Morgan fingerprint density at radius 1 is 0.545 bits per heavy atom. The maximum absolute atomic E-state index is 2.65. The summed E-state index contributed by atoms with van der Waals surface area (Å²) < 4.78 is 0. The van der Waals surface area contributed by atoms with E-state index in [1.54, 1.807) is 0 Å². The molecule has 2 nitrogen and oxygen atoms in total. The molecule has 166 valence electrons. The summed E-state index contributed by atoms with van der Waals surface area (Å²) >= 11 is 0. The van der Waals surface area contributed by atoms with Crippen molar-refractivity contribution in [2.45, 2.75) is 13.0 Å². The fourth-order valence-electron chi connectivity index (χ4n) is 5.17. The van der Waals surface area contributed by atoms with Crippen molar-refractivity contribution in [1.82, 2.24) is 4.90 Å². The van der Waals surface area contributed by atoms with E-state index in [2.05, 4.69) is 131 Å². The topological polar surface area (TPSA) is 6.48 Å². The van der Waals surface area contributed by atoms with E-state index in [-0.39, 0.29) is 0 Å². The van der Waals surface area contributed by atoms with Gasteiger partial charge >= 0.3 is 0 Å². The van der Waals surface area contributed by atoms with Gasteiger partial charge < -0.3 is 4.90 Å². The molecule has 2 unspecified atom stereocenters. The summed E-state index contributed by atoms with van der Waals surface area (Å²) in [5.41, 5.74) is 5.38. The van der Waals surface area contributed by atoms with Crippen molar-refractivity contribution in [3.63, 3.8) is 0 Å². The number of anilines is 2. The second kappa shape index (κ2) is 10.5. The van der Waals surface area contributed by atoms with Gasteiger partial charge in [0.15, 0.2) is 0 Å². The van der Waals surface area contributed by atoms with Crippen molar-refractivity contribution >= 4 is 11.4 Å². The van der Waals surface area contributed by atoms with Gasteiger partial charge in [-0.1, -0.05) is 97.1 Å². The largest absolute Gasteiger partial charge is 0.341 e. The van der Waals surface area contributed by atoms with Crippen molar-refractivity contribution in [3.8, 4) is 0 Å². The molecule has 1 fully saturated rings. The highest BCUT2D eigenvalue weighted by atomic mass is 15.2. The lowest BCUT2D eigenvalue weighted by atomic mass is 9.89. The predicted octanol–water partition coefficient (Wildman–Crippen LogP) is 6.82. The number of nitrogens with zero attached hydrogens (tertiary/aromatic N) is 2. The van der Waals surface area contributed by atoms with Crippen molar-refractivity contribution in [1.29, 1.82) is 0 Å². The summed E-state index contributed by atoms with van der Waals surface area (Å²) in [5, 5.41) is 0. The highest BCUT2D eigenvalue weighted by molar-refractivity contribution is 5.63. The second-order valence-electron chi connectivity index (χ2n) is 9.17. The summed E-state index contributed by atoms with van der Waals surface area (Å²) in [6, 6.07) is 43.6. The van der Waals surface area contributed by atoms with Crippen LogP contribution in [0.25, 0.3) is 0 Å². The molecule has 0 aromatic heterocycles. The van der Waals surface area contributed by atoms with E-state index in [9.17, 15) is 0 Å². The summed E-state index contributed by atoms with van der Waals surface area (Å²) in [6.45, 7) is 4.32. The molecule has 0 N–H and O–H groups in total. The summed E-state index contributed by atoms with van der Waals surface area (Å²) in [4.78, 5) is 5.16. The van der Waals surface area contributed by atoms with Gasteiger partial charge in [-0.25, -0.2) is 0 Å². The molecule has 4 aromatic rings. The van der Waals surface area contributed by atoms with Crippen LogP contribution < -0.4 is 4.90 Å². The first-order valence-corrected chi connectivity index (χ1v) is 12.0. The second-order valence-corrected chi connectivity index (χ2v) is 9.17. The third kappa shape index (κ3) is 5.53. The van der Waals surface area contributed by atoms with Gasteiger partial charge in [0.05, 0.1) is 0 Å². The zero-order chi connectivity index (χ0) is 22.3. The quantitative estimate of drug-likeness (QED) is 0.301. The van der Waals surface area contributed by atoms with Gasteiger partial charge in [0.25, 0.3) is 0 Å². The fourth-order valence-corrected chi connectivity index (χ4v) is 5.17. The number of hydrogen-bond donors (Lipinski definition) is 0. The molecule has 1 aliphatic heterocycles. The van der Waals surface area contributed by atoms with Gasteiger partial charge in [0.1, 0.15) is 0 Å². The molecule has 0 radical (unpaired) electrons. The molecule has 0 saturated carbocycles. The molecule has 4 aromatic carbocycles. The highest BCUT2D eigenvalue weighted by Gasteiger charge is 2.34. The molecule has 0 bridgehead atoms. The Labute approximate surface area is 198 Å². The van der Waals surface area contributed by atoms with Crippen LogP contribution in [-0.2, 0) is 13.0 Å². The Hall–Kier alpha value is -3.36. The van der Waals surface area contributed by atoms with E-state index in [0.717, 1.165) is 32.6 Å². The lowest BCUT2D eigenvalue weighted by molar-refractivity contribution is 0.313. The number of para-hydroxylation sites is 2. The predicted molar refractivity (Wildman–Crippen MR) is 139 cm³/mol. The van der Waals surface area contributed by atoms with Gasteiger partial charge in [0.2, 0.25) is 0 Å². The lowest BCUT2D eigenvalue weighted by Crippen LogP contribution is -2.30. The van der Waals surface area contributed by atoms with E-state index in [4.69, 9.17) is 0 Å². The molecule has 1 aliphatic rings. The zero-order valence-corrected chi connectivity index (χ0v) is 19.1. The molecule has 5 rings (SSSR count). The standard InChI is InChI=1S/C31H32N2/c1-5-13-26(14-6-1)21-28-23-32(22-27-15-7-2-8-16-27)24-29(28)25-33(30-17-9-3-10-18-30)31-19-11-4-12-20-31/h1-20,28-29H,21-25H2. The summed E-state index contributed by atoms with van der Waals surface area (Å²) in [7, 11) is 0. The van der Waals surface area contributed by atoms with Crippen LogP contribution in [0.15, 0.2) is 121 Å². The van der Waals surface area contributed by atoms with Crippen LogP contribution in [0.2, 0.25) is 0 Å². The van der Waals surface area contributed by atoms with E-state index in [1.165, 1.54) is 22.5 Å². The first-order chi connectivity index (χ1) is 16.3. The average Bonchev–Trinajstić information content (AvgIpc) is 3.25. The molecule has 0 spiro atoms. The Morgan fingerprint density at radius 3 is 1.55 bits per heavy atom. The lowest BCUT2D eigenvalue weighted by Gasteiger charge is -2.30. The van der Waals surface area contributed by atoms with E-state index >= 15 is 0 Å². The normalized spacial score (nSPS) is 18.3. The SMILES string of the molecule is c1ccc(CC2CN(Cc3ccccc3)CC2CN(c2ccccc2)c2ccccc2)cc1. The highest BCUT2D eigenvalue weighted by Crippen LogP contribution is 2.33. The third-order valence-electron chi connectivity index (χ3n) is 6.79. The van der Waals surface area contributed by atoms with Gasteiger partial charge in [-0.15, -0.1) is 0 Å². The van der Waals surface area contributed by atoms with Crippen LogP contribution in [-0.4, -0.2) is 24.5 Å². The minimum atomic E-state index is 0.592. The number of benzene rings is 4. The first-order valence-electron chi connectivity index (χ1n) is 12.0. The molecule has 2 heteroatoms. The minimum Gasteiger partial charge on any atom is -0.341 e.